The van der Waals surface area contributed by atoms with Gasteiger partial charge in [-0.3, -0.25) is 4.79 Å². The summed E-state index contributed by atoms with van der Waals surface area (Å²) in [6.45, 7) is 2.73. The quantitative estimate of drug-likeness (QED) is 0.857. The van der Waals surface area contributed by atoms with Gasteiger partial charge in [-0.05, 0) is 50.4 Å². The van der Waals surface area contributed by atoms with Crippen LogP contribution in [0.4, 0.5) is 4.39 Å². The van der Waals surface area contributed by atoms with Gasteiger partial charge in [0.1, 0.15) is 5.82 Å². The monoisotopic (exact) mass is 250 g/mol. The van der Waals surface area contributed by atoms with E-state index in [0.717, 1.165) is 19.5 Å². The minimum atomic E-state index is -0.464. The fourth-order valence-electron chi connectivity index (χ4n) is 2.30. The van der Waals surface area contributed by atoms with Crippen LogP contribution in [0.5, 0.6) is 0 Å². The highest BCUT2D eigenvalue weighted by atomic mass is 19.1. The minimum Gasteiger partial charge on any atom is -0.352 e. The van der Waals surface area contributed by atoms with Crippen molar-refractivity contribution in [3.63, 3.8) is 0 Å². The van der Waals surface area contributed by atoms with Gasteiger partial charge in [0.05, 0.1) is 5.56 Å². The van der Waals surface area contributed by atoms with Crippen LogP contribution < -0.4 is 10.6 Å². The predicted octanol–water partition coefficient (Wildman–Crippen LogP) is 1.95. The van der Waals surface area contributed by atoms with Gasteiger partial charge in [0.25, 0.3) is 5.91 Å². The Hall–Kier alpha value is -1.42. The first kappa shape index (κ1) is 13.0. The number of nitrogens with one attached hydrogen (secondary N) is 2. The Balaban J connectivity index is 1.76. The first-order valence-electron chi connectivity index (χ1n) is 6.51. The molecule has 1 fully saturated rings. The average Bonchev–Trinajstić information content (AvgIpc) is 2.40. The van der Waals surface area contributed by atoms with Gasteiger partial charge in [-0.25, -0.2) is 4.39 Å². The fourth-order valence-corrected chi connectivity index (χ4v) is 2.30. The summed E-state index contributed by atoms with van der Waals surface area (Å²) in [5.41, 5.74) is 0.124. The van der Waals surface area contributed by atoms with E-state index in [4.69, 9.17) is 0 Å². The van der Waals surface area contributed by atoms with Crippen LogP contribution in [-0.4, -0.2) is 25.5 Å². The van der Waals surface area contributed by atoms with E-state index in [1.165, 1.54) is 25.0 Å². The van der Waals surface area contributed by atoms with Crippen LogP contribution in [-0.2, 0) is 0 Å². The molecular weight excluding hydrogens is 231 g/mol. The summed E-state index contributed by atoms with van der Waals surface area (Å²) in [7, 11) is 0. The van der Waals surface area contributed by atoms with Crippen LogP contribution in [0, 0.1) is 11.7 Å². The largest absolute Gasteiger partial charge is 0.352 e. The zero-order valence-electron chi connectivity index (χ0n) is 10.4. The average molecular weight is 250 g/mol. The third-order valence-electron chi connectivity index (χ3n) is 3.36. The molecule has 0 saturated carbocycles. The highest BCUT2D eigenvalue weighted by molar-refractivity contribution is 5.94. The van der Waals surface area contributed by atoms with Crippen LogP contribution in [0.15, 0.2) is 24.3 Å². The van der Waals surface area contributed by atoms with E-state index < -0.39 is 5.82 Å². The molecule has 0 bridgehead atoms. The van der Waals surface area contributed by atoms with E-state index in [2.05, 4.69) is 10.6 Å². The topological polar surface area (TPSA) is 41.1 Å². The molecule has 1 aromatic rings. The third kappa shape index (κ3) is 3.53. The van der Waals surface area contributed by atoms with Crippen molar-refractivity contribution in [1.29, 1.82) is 0 Å². The highest BCUT2D eigenvalue weighted by Gasteiger charge is 2.14. The van der Waals surface area contributed by atoms with Crippen LogP contribution >= 0.6 is 0 Å². The molecule has 1 unspecified atom stereocenters. The molecule has 0 radical (unpaired) electrons. The molecule has 2 N–H and O–H groups in total. The van der Waals surface area contributed by atoms with Gasteiger partial charge in [-0.15, -0.1) is 0 Å². The summed E-state index contributed by atoms with van der Waals surface area (Å²) < 4.78 is 13.4. The van der Waals surface area contributed by atoms with Crippen LogP contribution in [0.1, 0.15) is 29.6 Å². The SMILES string of the molecule is O=C(NCCC1CCCNC1)c1ccccc1F. The predicted molar refractivity (Wildman–Crippen MR) is 68.9 cm³/mol. The molecule has 1 atom stereocenters. The van der Waals surface area contributed by atoms with Crippen molar-refractivity contribution in [2.24, 2.45) is 5.92 Å². The first-order chi connectivity index (χ1) is 8.77. The number of amides is 1. The Morgan fingerprint density at radius 3 is 3.00 bits per heavy atom. The Labute approximate surface area is 107 Å². The number of carbonyl (C=O) groups is 1. The lowest BCUT2D eigenvalue weighted by Crippen LogP contribution is -2.33. The molecule has 98 valence electrons. The van der Waals surface area contributed by atoms with Gasteiger partial charge in [-0.2, -0.15) is 0 Å². The van der Waals surface area contributed by atoms with Gasteiger partial charge < -0.3 is 10.6 Å². The number of carbonyl (C=O) groups excluding carboxylic acids is 1. The maximum Gasteiger partial charge on any atom is 0.254 e. The zero-order chi connectivity index (χ0) is 12.8. The van der Waals surface area contributed by atoms with E-state index in [0.29, 0.717) is 12.5 Å². The second-order valence-corrected chi connectivity index (χ2v) is 4.74. The smallest absolute Gasteiger partial charge is 0.254 e. The van der Waals surface area contributed by atoms with Crippen molar-refractivity contribution in [2.45, 2.75) is 19.3 Å². The lowest BCUT2D eigenvalue weighted by atomic mass is 9.96. The highest BCUT2D eigenvalue weighted by Crippen LogP contribution is 2.13. The molecular formula is C14H19FN2O. The van der Waals surface area contributed by atoms with Crippen molar-refractivity contribution >= 4 is 5.91 Å². The third-order valence-corrected chi connectivity index (χ3v) is 3.36. The molecule has 1 aliphatic heterocycles. The van der Waals surface area contributed by atoms with E-state index in [-0.39, 0.29) is 11.5 Å². The summed E-state index contributed by atoms with van der Waals surface area (Å²) in [6.07, 6.45) is 3.36. The van der Waals surface area contributed by atoms with Crippen molar-refractivity contribution in [2.75, 3.05) is 19.6 Å². The van der Waals surface area contributed by atoms with Gasteiger partial charge in [0.2, 0.25) is 0 Å². The number of hydrogen-bond acceptors (Lipinski definition) is 2. The van der Waals surface area contributed by atoms with Crippen molar-refractivity contribution < 1.29 is 9.18 Å². The van der Waals surface area contributed by atoms with Crippen LogP contribution in [0.25, 0.3) is 0 Å². The molecule has 0 spiro atoms. The Morgan fingerprint density at radius 2 is 2.28 bits per heavy atom. The van der Waals surface area contributed by atoms with Gasteiger partial charge in [0.15, 0.2) is 0 Å². The summed E-state index contributed by atoms with van der Waals surface area (Å²) in [6, 6.07) is 6.07. The first-order valence-corrected chi connectivity index (χ1v) is 6.51. The molecule has 18 heavy (non-hydrogen) atoms. The van der Waals surface area contributed by atoms with Gasteiger partial charge in [0, 0.05) is 6.54 Å². The summed E-state index contributed by atoms with van der Waals surface area (Å²) in [5.74, 6) is -0.161. The Bertz CT molecular complexity index is 403. The van der Waals surface area contributed by atoms with E-state index >= 15 is 0 Å². The number of piperidine rings is 1. The number of hydrogen-bond donors (Lipinski definition) is 2. The molecule has 1 heterocycles. The summed E-state index contributed by atoms with van der Waals surface area (Å²) >= 11 is 0. The number of rotatable bonds is 4. The zero-order valence-corrected chi connectivity index (χ0v) is 10.4. The van der Waals surface area contributed by atoms with Crippen molar-refractivity contribution in [3.05, 3.63) is 35.6 Å². The number of benzene rings is 1. The second-order valence-electron chi connectivity index (χ2n) is 4.74. The van der Waals surface area contributed by atoms with Crippen molar-refractivity contribution in [3.8, 4) is 0 Å². The lowest BCUT2D eigenvalue weighted by molar-refractivity contribution is 0.0946. The van der Waals surface area contributed by atoms with Crippen LogP contribution in [0.3, 0.4) is 0 Å². The second kappa shape index (κ2) is 6.50. The van der Waals surface area contributed by atoms with E-state index in [1.807, 2.05) is 0 Å². The maximum absolute atomic E-state index is 13.4. The molecule has 0 aliphatic carbocycles. The molecule has 4 heteroatoms. The lowest BCUT2D eigenvalue weighted by Gasteiger charge is -2.22. The molecule has 0 aromatic heterocycles. The standard InChI is InChI=1S/C14H19FN2O/c15-13-6-2-1-5-12(13)14(18)17-9-7-11-4-3-8-16-10-11/h1-2,5-6,11,16H,3-4,7-10H2,(H,17,18). The summed E-state index contributed by atoms with van der Waals surface area (Å²) in [4.78, 5) is 11.7. The summed E-state index contributed by atoms with van der Waals surface area (Å²) in [5, 5.41) is 6.12. The van der Waals surface area contributed by atoms with Gasteiger partial charge >= 0.3 is 0 Å². The van der Waals surface area contributed by atoms with E-state index in [9.17, 15) is 9.18 Å². The normalized spacial score (nSPS) is 19.5. The molecule has 1 aliphatic rings. The molecule has 1 saturated heterocycles. The molecule has 1 amide bonds. The molecule has 3 nitrogen and oxygen atoms in total. The van der Waals surface area contributed by atoms with Crippen molar-refractivity contribution in [1.82, 2.24) is 10.6 Å². The Kier molecular flexibility index (Phi) is 4.70. The fraction of sp³-hybridized carbons (Fsp3) is 0.500. The van der Waals surface area contributed by atoms with E-state index in [1.54, 1.807) is 12.1 Å². The number of halogens is 1. The Morgan fingerprint density at radius 1 is 1.44 bits per heavy atom. The van der Waals surface area contributed by atoms with Crippen LogP contribution in [0.2, 0.25) is 0 Å². The van der Waals surface area contributed by atoms with Gasteiger partial charge in [-0.1, -0.05) is 12.1 Å². The molecule has 1 aromatic carbocycles. The minimum absolute atomic E-state index is 0.124. The maximum atomic E-state index is 13.4. The molecule has 2 rings (SSSR count).